The Morgan fingerprint density at radius 1 is 0.967 bits per heavy atom. The van der Waals surface area contributed by atoms with E-state index < -0.39 is 5.97 Å². The summed E-state index contributed by atoms with van der Waals surface area (Å²) in [6.45, 7) is 0.656. The van der Waals surface area contributed by atoms with E-state index in [0.717, 1.165) is 22.2 Å². The number of esters is 1. The van der Waals surface area contributed by atoms with Crippen LogP contribution in [0.5, 0.6) is 11.5 Å². The molecule has 0 aliphatic heterocycles. The second-order valence-corrected chi connectivity index (χ2v) is 6.69. The molecule has 7 heteroatoms. The molecule has 0 bridgehead atoms. The number of aromatic nitrogens is 3. The van der Waals surface area contributed by atoms with Crippen LogP contribution in [0.1, 0.15) is 21.5 Å². The van der Waals surface area contributed by atoms with E-state index >= 15 is 0 Å². The molecule has 0 saturated carbocycles. The molecule has 1 aromatic heterocycles. The topological polar surface area (TPSA) is 75.5 Å². The average molecular weight is 403 g/mol. The Balaban J connectivity index is 1.42. The van der Waals surface area contributed by atoms with Gasteiger partial charge in [0, 0.05) is 5.56 Å². The zero-order valence-corrected chi connectivity index (χ0v) is 16.7. The number of methoxy groups -OCH3 is 2. The lowest BCUT2D eigenvalue weighted by atomic mass is 10.1. The molecule has 0 unspecified atom stereocenters. The van der Waals surface area contributed by atoms with Crippen molar-refractivity contribution in [3.8, 4) is 11.5 Å². The molecule has 30 heavy (non-hydrogen) atoms. The van der Waals surface area contributed by atoms with Gasteiger partial charge >= 0.3 is 5.97 Å². The lowest BCUT2D eigenvalue weighted by Gasteiger charge is -2.11. The molecule has 0 radical (unpaired) electrons. The molecule has 3 aromatic carbocycles. The van der Waals surface area contributed by atoms with Gasteiger partial charge in [-0.25, -0.2) is 9.48 Å². The number of fused-ring (bicyclic) bond motifs is 1. The van der Waals surface area contributed by atoms with Crippen molar-refractivity contribution in [2.75, 3.05) is 14.2 Å². The molecule has 0 aliphatic carbocycles. The monoisotopic (exact) mass is 403 g/mol. The first-order valence-corrected chi connectivity index (χ1v) is 9.43. The van der Waals surface area contributed by atoms with E-state index in [1.807, 2.05) is 41.1 Å². The van der Waals surface area contributed by atoms with Crippen LogP contribution < -0.4 is 9.47 Å². The number of carbonyl (C=O) groups excluding carboxylic acids is 1. The molecule has 4 aromatic rings. The minimum absolute atomic E-state index is 0.0892. The van der Waals surface area contributed by atoms with Crippen molar-refractivity contribution < 1.29 is 19.0 Å². The van der Waals surface area contributed by atoms with Gasteiger partial charge in [-0.05, 0) is 48.0 Å². The molecule has 152 valence electrons. The first kappa shape index (κ1) is 19.4. The van der Waals surface area contributed by atoms with E-state index in [-0.39, 0.29) is 6.61 Å². The highest BCUT2D eigenvalue weighted by Gasteiger charge is 2.12. The molecule has 0 N–H and O–H groups in total. The summed E-state index contributed by atoms with van der Waals surface area (Å²) in [6.07, 6.45) is 0. The summed E-state index contributed by atoms with van der Waals surface area (Å²) >= 11 is 0. The van der Waals surface area contributed by atoms with E-state index in [4.69, 9.17) is 14.2 Å². The van der Waals surface area contributed by atoms with Crippen LogP contribution in [0, 0.1) is 0 Å². The third-order valence-corrected chi connectivity index (χ3v) is 4.79. The van der Waals surface area contributed by atoms with Crippen LogP contribution in [-0.2, 0) is 17.9 Å². The summed E-state index contributed by atoms with van der Waals surface area (Å²) in [7, 11) is 3.16. The van der Waals surface area contributed by atoms with Crippen LogP contribution in [0.25, 0.3) is 11.0 Å². The summed E-state index contributed by atoms with van der Waals surface area (Å²) in [4.78, 5) is 12.5. The second-order valence-electron chi connectivity index (χ2n) is 6.69. The zero-order valence-electron chi connectivity index (χ0n) is 16.7. The Morgan fingerprint density at radius 3 is 2.53 bits per heavy atom. The molecule has 0 aliphatic rings. The summed E-state index contributed by atoms with van der Waals surface area (Å²) in [6, 6.07) is 20.4. The maximum Gasteiger partial charge on any atom is 0.338 e. The van der Waals surface area contributed by atoms with Crippen LogP contribution in [0.2, 0.25) is 0 Å². The first-order chi connectivity index (χ1) is 14.7. The molecular formula is C23H21N3O4. The molecule has 1 heterocycles. The number of hydrogen-bond acceptors (Lipinski definition) is 6. The minimum Gasteiger partial charge on any atom is -0.497 e. The summed E-state index contributed by atoms with van der Waals surface area (Å²) in [5.74, 6) is 0.906. The molecular weight excluding hydrogens is 382 g/mol. The Bertz CT molecular complexity index is 1170. The summed E-state index contributed by atoms with van der Waals surface area (Å²) in [5, 5.41) is 8.35. The second kappa shape index (κ2) is 8.65. The van der Waals surface area contributed by atoms with Crippen molar-refractivity contribution in [3.05, 3.63) is 83.4 Å². The standard InChI is InChI=1S/C23H21N3O4/c1-28-19-11-12-22(29-2)18(13-19)15-30-23(27)17-9-7-16(8-10-17)14-26-21-6-4-3-5-20(21)24-25-26/h3-13H,14-15H2,1-2H3. The normalized spacial score (nSPS) is 10.7. The van der Waals surface area contributed by atoms with Crippen LogP contribution in [0.4, 0.5) is 0 Å². The SMILES string of the molecule is COc1ccc(OC)c(COC(=O)c2ccc(Cn3nnc4ccccc43)cc2)c1. The van der Waals surface area contributed by atoms with Gasteiger partial charge in [-0.3, -0.25) is 0 Å². The Labute approximate surface area is 173 Å². The van der Waals surface area contributed by atoms with E-state index in [9.17, 15) is 4.79 Å². The van der Waals surface area contributed by atoms with Gasteiger partial charge in [-0.2, -0.15) is 0 Å². The molecule has 4 rings (SSSR count). The van der Waals surface area contributed by atoms with Crippen molar-refractivity contribution in [2.24, 2.45) is 0 Å². The number of ether oxygens (including phenoxy) is 3. The molecule has 0 amide bonds. The lowest BCUT2D eigenvalue weighted by Crippen LogP contribution is -2.07. The van der Waals surface area contributed by atoms with Gasteiger partial charge < -0.3 is 14.2 Å². The molecule has 0 saturated heterocycles. The van der Waals surface area contributed by atoms with Crippen LogP contribution in [0.15, 0.2) is 66.7 Å². The average Bonchev–Trinajstić information content (AvgIpc) is 3.20. The summed E-state index contributed by atoms with van der Waals surface area (Å²) < 4.78 is 17.8. The fourth-order valence-corrected chi connectivity index (χ4v) is 3.17. The van der Waals surface area contributed by atoms with Crippen molar-refractivity contribution in [1.29, 1.82) is 0 Å². The van der Waals surface area contributed by atoms with Crippen molar-refractivity contribution in [1.82, 2.24) is 15.0 Å². The van der Waals surface area contributed by atoms with E-state index in [0.29, 0.717) is 23.6 Å². The highest BCUT2D eigenvalue weighted by Crippen LogP contribution is 2.25. The van der Waals surface area contributed by atoms with Crippen LogP contribution in [0.3, 0.4) is 0 Å². The van der Waals surface area contributed by atoms with E-state index in [2.05, 4.69) is 10.3 Å². The van der Waals surface area contributed by atoms with Crippen LogP contribution in [-0.4, -0.2) is 35.2 Å². The molecule has 0 spiro atoms. The largest absolute Gasteiger partial charge is 0.497 e. The lowest BCUT2D eigenvalue weighted by molar-refractivity contribution is 0.0470. The third-order valence-electron chi connectivity index (χ3n) is 4.79. The Morgan fingerprint density at radius 2 is 1.77 bits per heavy atom. The summed E-state index contributed by atoms with van der Waals surface area (Å²) in [5.41, 5.74) is 4.04. The molecule has 0 atom stereocenters. The van der Waals surface area contributed by atoms with Gasteiger partial charge in [-0.15, -0.1) is 5.10 Å². The van der Waals surface area contributed by atoms with Gasteiger partial charge in [0.15, 0.2) is 0 Å². The van der Waals surface area contributed by atoms with Crippen molar-refractivity contribution >= 4 is 17.0 Å². The van der Waals surface area contributed by atoms with E-state index in [1.54, 1.807) is 44.6 Å². The number of nitrogens with zero attached hydrogens (tertiary/aromatic N) is 3. The number of carbonyl (C=O) groups is 1. The fourth-order valence-electron chi connectivity index (χ4n) is 3.17. The Kier molecular flexibility index (Phi) is 5.61. The molecule has 0 fully saturated rings. The van der Waals surface area contributed by atoms with Gasteiger partial charge in [-0.1, -0.05) is 29.5 Å². The maximum absolute atomic E-state index is 12.5. The van der Waals surface area contributed by atoms with Gasteiger partial charge in [0.1, 0.15) is 23.6 Å². The fraction of sp³-hybridized carbons (Fsp3) is 0.174. The zero-order chi connectivity index (χ0) is 20.9. The molecule has 7 nitrogen and oxygen atoms in total. The minimum atomic E-state index is -0.405. The third kappa shape index (κ3) is 4.10. The van der Waals surface area contributed by atoms with Crippen molar-refractivity contribution in [3.63, 3.8) is 0 Å². The Hall–Kier alpha value is -3.87. The number of hydrogen-bond donors (Lipinski definition) is 0. The van der Waals surface area contributed by atoms with Crippen LogP contribution >= 0.6 is 0 Å². The van der Waals surface area contributed by atoms with Gasteiger partial charge in [0.05, 0.1) is 31.8 Å². The van der Waals surface area contributed by atoms with Crippen molar-refractivity contribution in [2.45, 2.75) is 13.2 Å². The number of para-hydroxylation sites is 1. The van der Waals surface area contributed by atoms with Gasteiger partial charge in [0.2, 0.25) is 0 Å². The predicted octanol–water partition coefficient (Wildman–Crippen LogP) is 3.85. The highest BCUT2D eigenvalue weighted by atomic mass is 16.5. The van der Waals surface area contributed by atoms with E-state index in [1.165, 1.54) is 0 Å². The highest BCUT2D eigenvalue weighted by molar-refractivity contribution is 5.89. The number of benzene rings is 3. The maximum atomic E-state index is 12.5. The predicted molar refractivity (Wildman–Crippen MR) is 112 cm³/mol. The quantitative estimate of drug-likeness (QED) is 0.436. The first-order valence-electron chi connectivity index (χ1n) is 9.43. The number of rotatable bonds is 7. The smallest absolute Gasteiger partial charge is 0.338 e. The van der Waals surface area contributed by atoms with Gasteiger partial charge in [0.25, 0.3) is 0 Å².